The van der Waals surface area contributed by atoms with Crippen molar-refractivity contribution in [1.29, 1.82) is 0 Å². The van der Waals surface area contributed by atoms with Crippen LogP contribution < -0.4 is 5.32 Å². The maximum absolute atomic E-state index is 4.25. The molecule has 0 aromatic carbocycles. The van der Waals surface area contributed by atoms with Crippen molar-refractivity contribution in [1.82, 2.24) is 20.1 Å². The average Bonchev–Trinajstić information content (AvgIpc) is 2.97. The molecule has 1 aromatic heterocycles. The van der Waals surface area contributed by atoms with Crippen LogP contribution in [0.2, 0.25) is 0 Å². The monoisotopic (exact) mass is 268 g/mol. The molecule has 0 saturated heterocycles. The van der Waals surface area contributed by atoms with E-state index in [2.05, 4.69) is 22.3 Å². The highest BCUT2D eigenvalue weighted by molar-refractivity contribution is 7.99. The van der Waals surface area contributed by atoms with E-state index in [1.165, 1.54) is 32.1 Å². The Morgan fingerprint density at radius 1 is 1.50 bits per heavy atom. The van der Waals surface area contributed by atoms with Crippen molar-refractivity contribution in [2.24, 2.45) is 13.0 Å². The summed E-state index contributed by atoms with van der Waals surface area (Å²) in [4.78, 5) is 4.25. The van der Waals surface area contributed by atoms with E-state index in [4.69, 9.17) is 0 Å². The maximum Gasteiger partial charge on any atom is 0.185 e. The summed E-state index contributed by atoms with van der Waals surface area (Å²) in [5, 5.41) is 8.82. The number of hydrogen-bond donors (Lipinski definition) is 1. The molecule has 2 rings (SSSR count). The predicted octanol–water partition coefficient (Wildman–Crippen LogP) is 2.47. The summed E-state index contributed by atoms with van der Waals surface area (Å²) in [5.41, 5.74) is 0. The summed E-state index contributed by atoms with van der Waals surface area (Å²) in [6.07, 6.45) is 8.29. The van der Waals surface area contributed by atoms with E-state index < -0.39 is 0 Å². The van der Waals surface area contributed by atoms with Crippen molar-refractivity contribution in [3.63, 3.8) is 0 Å². The van der Waals surface area contributed by atoms with Crippen molar-refractivity contribution in [2.75, 3.05) is 12.3 Å². The third-order valence-electron chi connectivity index (χ3n) is 3.71. The minimum atomic E-state index is 0.755. The Morgan fingerprint density at radius 3 is 3.11 bits per heavy atom. The fourth-order valence-electron chi connectivity index (χ4n) is 2.70. The standard InChI is InChI=1S/C13H24N4S/c1-3-8-14-12-6-4-5-11(12)7-9-18-13-15-10-16-17(13)2/h10-12,14H,3-9H2,1-2H3. The summed E-state index contributed by atoms with van der Waals surface area (Å²) < 4.78 is 1.85. The van der Waals surface area contributed by atoms with Gasteiger partial charge in [0.25, 0.3) is 0 Å². The fourth-order valence-corrected chi connectivity index (χ4v) is 3.66. The lowest BCUT2D eigenvalue weighted by atomic mass is 10.0. The molecule has 1 aliphatic carbocycles. The van der Waals surface area contributed by atoms with Crippen LogP contribution in [-0.2, 0) is 7.05 Å². The van der Waals surface area contributed by atoms with Gasteiger partial charge >= 0.3 is 0 Å². The first kappa shape index (κ1) is 13.9. The molecule has 2 atom stereocenters. The van der Waals surface area contributed by atoms with Gasteiger partial charge in [0.05, 0.1) is 0 Å². The minimum Gasteiger partial charge on any atom is -0.314 e. The molecule has 1 aromatic rings. The van der Waals surface area contributed by atoms with Gasteiger partial charge in [0.2, 0.25) is 0 Å². The number of nitrogens with one attached hydrogen (secondary N) is 1. The number of rotatable bonds is 7. The van der Waals surface area contributed by atoms with Crippen LogP contribution in [-0.4, -0.2) is 33.1 Å². The van der Waals surface area contributed by atoms with Crippen LogP contribution in [0.4, 0.5) is 0 Å². The SMILES string of the molecule is CCCNC1CCCC1CCSc1ncnn1C. The summed E-state index contributed by atoms with van der Waals surface area (Å²) in [5.74, 6) is 2.01. The van der Waals surface area contributed by atoms with Gasteiger partial charge in [-0.15, -0.1) is 0 Å². The van der Waals surface area contributed by atoms with Crippen LogP contribution in [0.5, 0.6) is 0 Å². The number of hydrogen-bond acceptors (Lipinski definition) is 4. The molecule has 0 aliphatic heterocycles. The lowest BCUT2D eigenvalue weighted by molar-refractivity contribution is 0.393. The summed E-state index contributed by atoms with van der Waals surface area (Å²) >= 11 is 1.83. The van der Waals surface area contributed by atoms with Gasteiger partial charge in [-0.1, -0.05) is 25.1 Å². The van der Waals surface area contributed by atoms with Crippen molar-refractivity contribution in [3.8, 4) is 0 Å². The highest BCUT2D eigenvalue weighted by Crippen LogP contribution is 2.30. The van der Waals surface area contributed by atoms with Crippen molar-refractivity contribution >= 4 is 11.8 Å². The largest absolute Gasteiger partial charge is 0.314 e. The smallest absolute Gasteiger partial charge is 0.185 e. The molecule has 1 heterocycles. The molecule has 4 nitrogen and oxygen atoms in total. The maximum atomic E-state index is 4.25. The molecule has 1 aliphatic rings. The van der Waals surface area contributed by atoms with E-state index in [0.29, 0.717) is 0 Å². The summed E-state index contributed by atoms with van der Waals surface area (Å²) in [6.45, 7) is 3.40. The molecule has 0 spiro atoms. The van der Waals surface area contributed by atoms with Gasteiger partial charge in [-0.3, -0.25) is 0 Å². The molecule has 1 fully saturated rings. The number of thioether (sulfide) groups is 1. The van der Waals surface area contributed by atoms with Gasteiger partial charge in [0.1, 0.15) is 6.33 Å². The van der Waals surface area contributed by atoms with Crippen molar-refractivity contribution < 1.29 is 0 Å². The first-order chi connectivity index (χ1) is 8.81. The molecule has 1 saturated carbocycles. The molecule has 0 radical (unpaired) electrons. The van der Waals surface area contributed by atoms with Gasteiger partial charge in [-0.05, 0) is 38.1 Å². The van der Waals surface area contributed by atoms with Gasteiger partial charge in [0, 0.05) is 18.8 Å². The third-order valence-corrected chi connectivity index (χ3v) is 4.77. The van der Waals surface area contributed by atoms with Crippen LogP contribution in [0, 0.1) is 5.92 Å². The second-order valence-corrected chi connectivity index (χ2v) is 6.12. The highest BCUT2D eigenvalue weighted by atomic mass is 32.2. The number of nitrogens with zero attached hydrogens (tertiary/aromatic N) is 3. The van der Waals surface area contributed by atoms with Gasteiger partial charge in [0.15, 0.2) is 5.16 Å². The third kappa shape index (κ3) is 3.72. The van der Waals surface area contributed by atoms with Gasteiger partial charge in [-0.25, -0.2) is 9.67 Å². The van der Waals surface area contributed by atoms with E-state index in [-0.39, 0.29) is 0 Å². The molecule has 0 amide bonds. The zero-order valence-corrected chi connectivity index (χ0v) is 12.2. The van der Waals surface area contributed by atoms with E-state index in [0.717, 1.165) is 29.4 Å². The molecule has 2 unspecified atom stereocenters. The molecule has 102 valence electrons. The first-order valence-corrected chi connectivity index (χ1v) is 8.00. The summed E-state index contributed by atoms with van der Waals surface area (Å²) in [7, 11) is 1.95. The van der Waals surface area contributed by atoms with E-state index >= 15 is 0 Å². The van der Waals surface area contributed by atoms with Gasteiger partial charge in [-0.2, -0.15) is 5.10 Å². The van der Waals surface area contributed by atoms with E-state index in [1.54, 1.807) is 6.33 Å². The fraction of sp³-hybridized carbons (Fsp3) is 0.846. The van der Waals surface area contributed by atoms with Crippen LogP contribution in [0.25, 0.3) is 0 Å². The van der Waals surface area contributed by atoms with Crippen molar-refractivity contribution in [3.05, 3.63) is 6.33 Å². The Hall–Kier alpha value is -0.550. The topological polar surface area (TPSA) is 42.7 Å². The zero-order chi connectivity index (χ0) is 12.8. The first-order valence-electron chi connectivity index (χ1n) is 7.01. The van der Waals surface area contributed by atoms with Crippen LogP contribution >= 0.6 is 11.8 Å². The second-order valence-electron chi connectivity index (χ2n) is 5.05. The highest BCUT2D eigenvalue weighted by Gasteiger charge is 2.26. The Kier molecular flexibility index (Phi) is 5.50. The Morgan fingerprint density at radius 2 is 2.39 bits per heavy atom. The number of aryl methyl sites for hydroxylation is 1. The minimum absolute atomic E-state index is 0.755. The van der Waals surface area contributed by atoms with Crippen molar-refractivity contribution in [2.45, 2.75) is 50.2 Å². The molecular formula is C13H24N4S. The van der Waals surface area contributed by atoms with Crippen LogP contribution in [0.3, 0.4) is 0 Å². The van der Waals surface area contributed by atoms with E-state index in [9.17, 15) is 0 Å². The van der Waals surface area contributed by atoms with Crippen LogP contribution in [0.1, 0.15) is 39.0 Å². The quantitative estimate of drug-likeness (QED) is 0.772. The number of aromatic nitrogens is 3. The molecule has 1 N–H and O–H groups in total. The molecule has 18 heavy (non-hydrogen) atoms. The van der Waals surface area contributed by atoms with E-state index in [1.807, 2.05) is 23.5 Å². The average molecular weight is 268 g/mol. The van der Waals surface area contributed by atoms with Gasteiger partial charge < -0.3 is 5.32 Å². The lowest BCUT2D eigenvalue weighted by Gasteiger charge is -2.20. The summed E-state index contributed by atoms with van der Waals surface area (Å²) in [6, 6.07) is 0.755. The lowest BCUT2D eigenvalue weighted by Crippen LogP contribution is -2.33. The molecule has 0 bridgehead atoms. The second kappa shape index (κ2) is 7.14. The molecular weight excluding hydrogens is 244 g/mol. The van der Waals surface area contributed by atoms with Crippen LogP contribution in [0.15, 0.2) is 11.5 Å². The normalized spacial score (nSPS) is 23.7. The molecule has 5 heteroatoms. The Balaban J connectivity index is 1.71. The predicted molar refractivity (Wildman–Crippen MR) is 75.8 cm³/mol. The zero-order valence-electron chi connectivity index (χ0n) is 11.4. The Labute approximate surface area is 114 Å². The Bertz CT molecular complexity index is 353.